The highest BCUT2D eigenvalue weighted by atomic mass is 16.1. The fraction of sp³-hybridized carbons (Fsp3) is 0.438. The Kier molecular flexibility index (Phi) is 5.62. The second-order valence-electron chi connectivity index (χ2n) is 5.58. The van der Waals surface area contributed by atoms with Gasteiger partial charge in [-0.15, -0.1) is 0 Å². The van der Waals surface area contributed by atoms with Gasteiger partial charge in [-0.25, -0.2) is 15.0 Å². The largest absolute Gasteiger partial charge is 0.351 e. The molecule has 0 atom stereocenters. The number of carbonyl (C=O) groups excluding carboxylic acids is 1. The van der Waals surface area contributed by atoms with Crippen molar-refractivity contribution < 1.29 is 4.79 Å². The minimum atomic E-state index is -0.172. The van der Waals surface area contributed by atoms with E-state index in [1.807, 2.05) is 6.07 Å². The van der Waals surface area contributed by atoms with Crippen molar-refractivity contribution in [3.63, 3.8) is 0 Å². The highest BCUT2D eigenvalue weighted by Gasteiger charge is 2.18. The fourth-order valence-electron chi connectivity index (χ4n) is 2.64. The second-order valence-corrected chi connectivity index (χ2v) is 5.58. The van der Waals surface area contributed by atoms with Crippen LogP contribution in [0.1, 0.15) is 16.9 Å². The van der Waals surface area contributed by atoms with E-state index in [2.05, 4.69) is 35.1 Å². The van der Waals surface area contributed by atoms with Crippen LogP contribution in [0.2, 0.25) is 0 Å². The average molecular weight is 327 g/mol. The minimum Gasteiger partial charge on any atom is -0.351 e. The number of amides is 1. The van der Waals surface area contributed by atoms with Gasteiger partial charge in [0.05, 0.1) is 6.20 Å². The number of rotatable bonds is 6. The van der Waals surface area contributed by atoms with Crippen LogP contribution in [0, 0.1) is 0 Å². The van der Waals surface area contributed by atoms with E-state index in [0.29, 0.717) is 12.2 Å². The molecule has 0 saturated carbocycles. The van der Waals surface area contributed by atoms with E-state index in [1.165, 1.54) is 12.4 Å². The lowest BCUT2D eigenvalue weighted by molar-refractivity contribution is 0.0946. The number of piperazine rings is 1. The Bertz CT molecular complexity index is 629. The number of aromatic nitrogens is 4. The van der Waals surface area contributed by atoms with Crippen molar-refractivity contribution >= 4 is 11.9 Å². The predicted molar refractivity (Wildman–Crippen MR) is 89.7 cm³/mol. The van der Waals surface area contributed by atoms with Gasteiger partial charge in [0.2, 0.25) is 5.95 Å². The summed E-state index contributed by atoms with van der Waals surface area (Å²) >= 11 is 0. The van der Waals surface area contributed by atoms with Crippen molar-refractivity contribution in [2.24, 2.45) is 0 Å². The molecule has 1 saturated heterocycles. The monoisotopic (exact) mass is 327 g/mol. The number of anilines is 1. The molecule has 24 heavy (non-hydrogen) atoms. The van der Waals surface area contributed by atoms with Crippen LogP contribution >= 0.6 is 0 Å². The molecule has 1 amide bonds. The Morgan fingerprint density at radius 2 is 1.83 bits per heavy atom. The summed E-state index contributed by atoms with van der Waals surface area (Å²) in [5.74, 6) is 0.627. The van der Waals surface area contributed by atoms with Gasteiger partial charge in [-0.05, 0) is 19.0 Å². The molecule has 0 aromatic carbocycles. The molecule has 2 aromatic rings. The van der Waals surface area contributed by atoms with E-state index in [0.717, 1.165) is 45.1 Å². The second kappa shape index (κ2) is 8.30. The van der Waals surface area contributed by atoms with Crippen molar-refractivity contribution in [3.05, 3.63) is 42.7 Å². The van der Waals surface area contributed by atoms with Gasteiger partial charge in [0, 0.05) is 57.5 Å². The molecule has 3 heterocycles. The summed E-state index contributed by atoms with van der Waals surface area (Å²) in [6.45, 7) is 5.42. The van der Waals surface area contributed by atoms with Crippen molar-refractivity contribution in [1.82, 2.24) is 30.2 Å². The van der Waals surface area contributed by atoms with Crippen LogP contribution in [0.4, 0.5) is 5.95 Å². The SMILES string of the molecule is O=C(NCCCN1CCN(c2ncccn2)CC1)c1cnccn1. The van der Waals surface area contributed by atoms with Crippen molar-refractivity contribution in [2.45, 2.75) is 6.42 Å². The van der Waals surface area contributed by atoms with Crippen LogP contribution in [0.5, 0.6) is 0 Å². The minimum absolute atomic E-state index is 0.172. The summed E-state index contributed by atoms with van der Waals surface area (Å²) in [5.41, 5.74) is 0.356. The predicted octanol–water partition coefficient (Wildman–Crippen LogP) is 0.209. The van der Waals surface area contributed by atoms with E-state index in [1.54, 1.807) is 18.6 Å². The van der Waals surface area contributed by atoms with Crippen molar-refractivity contribution in [2.75, 3.05) is 44.2 Å². The van der Waals surface area contributed by atoms with Crippen LogP contribution in [0.3, 0.4) is 0 Å². The zero-order valence-electron chi connectivity index (χ0n) is 13.5. The van der Waals surface area contributed by atoms with Crippen LogP contribution in [0.15, 0.2) is 37.1 Å². The molecular formula is C16H21N7O. The lowest BCUT2D eigenvalue weighted by atomic mass is 10.3. The summed E-state index contributed by atoms with van der Waals surface area (Å²) < 4.78 is 0. The molecule has 0 bridgehead atoms. The topological polar surface area (TPSA) is 87.1 Å². The van der Waals surface area contributed by atoms with Gasteiger partial charge in [0.1, 0.15) is 5.69 Å². The van der Waals surface area contributed by atoms with Crippen LogP contribution in [-0.4, -0.2) is 70.0 Å². The third-order valence-electron chi connectivity index (χ3n) is 3.94. The van der Waals surface area contributed by atoms with E-state index in [4.69, 9.17) is 0 Å². The third kappa shape index (κ3) is 4.45. The number of hydrogen-bond donors (Lipinski definition) is 1. The Morgan fingerprint density at radius 3 is 2.54 bits per heavy atom. The first-order chi connectivity index (χ1) is 11.8. The first-order valence-corrected chi connectivity index (χ1v) is 8.11. The van der Waals surface area contributed by atoms with Gasteiger partial charge in [-0.3, -0.25) is 14.7 Å². The maximum atomic E-state index is 11.8. The van der Waals surface area contributed by atoms with E-state index in [9.17, 15) is 4.79 Å². The quantitative estimate of drug-likeness (QED) is 0.759. The molecule has 1 aliphatic heterocycles. The van der Waals surface area contributed by atoms with E-state index < -0.39 is 0 Å². The van der Waals surface area contributed by atoms with Crippen molar-refractivity contribution in [3.8, 4) is 0 Å². The number of carbonyl (C=O) groups is 1. The molecule has 8 heteroatoms. The lowest BCUT2D eigenvalue weighted by Gasteiger charge is -2.34. The normalized spacial score (nSPS) is 15.2. The van der Waals surface area contributed by atoms with Gasteiger partial charge in [0.15, 0.2) is 0 Å². The van der Waals surface area contributed by atoms with Gasteiger partial charge >= 0.3 is 0 Å². The smallest absolute Gasteiger partial charge is 0.271 e. The highest BCUT2D eigenvalue weighted by molar-refractivity contribution is 5.91. The van der Waals surface area contributed by atoms with Gasteiger partial charge in [-0.2, -0.15) is 0 Å². The maximum Gasteiger partial charge on any atom is 0.271 e. The number of nitrogens with zero attached hydrogens (tertiary/aromatic N) is 6. The summed E-state index contributed by atoms with van der Waals surface area (Å²) in [7, 11) is 0. The molecule has 1 fully saturated rings. The Morgan fingerprint density at radius 1 is 1.04 bits per heavy atom. The standard InChI is InChI=1S/C16H21N7O/c24-15(14-13-17-6-7-18-14)19-5-2-8-22-9-11-23(12-10-22)16-20-3-1-4-21-16/h1,3-4,6-7,13H,2,5,8-12H2,(H,19,24). The van der Waals surface area contributed by atoms with Crippen molar-refractivity contribution in [1.29, 1.82) is 0 Å². The van der Waals surface area contributed by atoms with Crippen LogP contribution in [0.25, 0.3) is 0 Å². The van der Waals surface area contributed by atoms with Crippen LogP contribution in [-0.2, 0) is 0 Å². The van der Waals surface area contributed by atoms with Gasteiger partial charge < -0.3 is 10.2 Å². The molecule has 0 aliphatic carbocycles. The molecule has 0 radical (unpaired) electrons. The number of hydrogen-bond acceptors (Lipinski definition) is 7. The average Bonchev–Trinajstić information content (AvgIpc) is 2.67. The molecule has 8 nitrogen and oxygen atoms in total. The molecule has 1 aliphatic rings. The first kappa shape index (κ1) is 16.3. The molecule has 0 spiro atoms. The van der Waals surface area contributed by atoms with Crippen LogP contribution < -0.4 is 10.2 Å². The zero-order chi connectivity index (χ0) is 16.6. The van der Waals surface area contributed by atoms with Gasteiger partial charge in [0.25, 0.3) is 5.91 Å². The number of nitrogens with one attached hydrogen (secondary N) is 1. The lowest BCUT2D eigenvalue weighted by Crippen LogP contribution is -2.47. The molecule has 0 unspecified atom stereocenters. The molecule has 3 rings (SSSR count). The van der Waals surface area contributed by atoms with Gasteiger partial charge in [-0.1, -0.05) is 0 Å². The third-order valence-corrected chi connectivity index (χ3v) is 3.94. The summed E-state index contributed by atoms with van der Waals surface area (Å²) in [6.07, 6.45) is 9.00. The Labute approximate surface area is 141 Å². The zero-order valence-corrected chi connectivity index (χ0v) is 13.5. The molecule has 126 valence electrons. The summed E-state index contributed by atoms with van der Waals surface area (Å²) in [5, 5.41) is 2.87. The molecule has 1 N–H and O–H groups in total. The molecular weight excluding hydrogens is 306 g/mol. The molecule has 2 aromatic heterocycles. The summed E-state index contributed by atoms with van der Waals surface area (Å²) in [4.78, 5) is 32.9. The van der Waals surface area contributed by atoms with E-state index >= 15 is 0 Å². The first-order valence-electron chi connectivity index (χ1n) is 8.11. The maximum absolute atomic E-state index is 11.8. The summed E-state index contributed by atoms with van der Waals surface area (Å²) in [6, 6.07) is 1.83. The fourth-order valence-corrected chi connectivity index (χ4v) is 2.64. The Hall–Kier alpha value is -2.61. The highest BCUT2D eigenvalue weighted by Crippen LogP contribution is 2.09. The Balaban J connectivity index is 1.33. The van der Waals surface area contributed by atoms with E-state index in [-0.39, 0.29) is 5.91 Å².